The van der Waals surface area contributed by atoms with Gasteiger partial charge in [0.1, 0.15) is 0 Å². The molecule has 0 aliphatic carbocycles. The van der Waals surface area contributed by atoms with E-state index in [0.29, 0.717) is 12.3 Å². The first-order valence-electron chi connectivity index (χ1n) is 4.61. The van der Waals surface area contributed by atoms with Gasteiger partial charge in [-0.3, -0.25) is 4.79 Å². The SMILES string of the molecule is COC(=O)C[C@H](N)C(C)C(C)(C)C. The van der Waals surface area contributed by atoms with Crippen molar-refractivity contribution in [2.45, 2.75) is 40.2 Å². The molecule has 0 aromatic rings. The van der Waals surface area contributed by atoms with Crippen LogP contribution in [0.15, 0.2) is 0 Å². The summed E-state index contributed by atoms with van der Waals surface area (Å²) < 4.78 is 4.56. The molecule has 0 amide bonds. The third kappa shape index (κ3) is 4.27. The molecular formula is C10H21NO2. The number of ether oxygens (including phenoxy) is 1. The van der Waals surface area contributed by atoms with Crippen molar-refractivity contribution < 1.29 is 9.53 Å². The lowest BCUT2D eigenvalue weighted by molar-refractivity contribution is -0.141. The summed E-state index contributed by atoms with van der Waals surface area (Å²) in [7, 11) is 1.39. The smallest absolute Gasteiger partial charge is 0.307 e. The molecule has 78 valence electrons. The first-order chi connectivity index (χ1) is 5.79. The van der Waals surface area contributed by atoms with E-state index in [9.17, 15) is 4.79 Å². The van der Waals surface area contributed by atoms with Gasteiger partial charge in [0.15, 0.2) is 0 Å². The van der Waals surface area contributed by atoms with E-state index in [1.54, 1.807) is 0 Å². The number of methoxy groups -OCH3 is 1. The van der Waals surface area contributed by atoms with Crippen molar-refractivity contribution in [1.82, 2.24) is 0 Å². The Morgan fingerprint density at radius 1 is 1.46 bits per heavy atom. The van der Waals surface area contributed by atoms with Crippen molar-refractivity contribution >= 4 is 5.97 Å². The van der Waals surface area contributed by atoms with Gasteiger partial charge in [0, 0.05) is 6.04 Å². The molecule has 0 aromatic carbocycles. The third-order valence-electron chi connectivity index (χ3n) is 2.64. The third-order valence-corrected chi connectivity index (χ3v) is 2.64. The number of carbonyl (C=O) groups excluding carboxylic acids is 1. The van der Waals surface area contributed by atoms with E-state index < -0.39 is 0 Å². The predicted molar refractivity (Wildman–Crippen MR) is 53.2 cm³/mol. The number of hydrogen-bond donors (Lipinski definition) is 1. The van der Waals surface area contributed by atoms with Gasteiger partial charge in [0.05, 0.1) is 13.5 Å². The quantitative estimate of drug-likeness (QED) is 0.682. The fraction of sp³-hybridized carbons (Fsp3) is 0.900. The van der Waals surface area contributed by atoms with Crippen LogP contribution in [-0.4, -0.2) is 19.1 Å². The van der Waals surface area contributed by atoms with Crippen molar-refractivity contribution in [2.75, 3.05) is 7.11 Å². The molecule has 0 aromatic heterocycles. The average molecular weight is 187 g/mol. The fourth-order valence-corrected chi connectivity index (χ4v) is 1.09. The van der Waals surface area contributed by atoms with Gasteiger partial charge in [-0.05, 0) is 11.3 Å². The Kier molecular flexibility index (Phi) is 4.40. The second-order valence-electron chi connectivity index (χ2n) is 4.60. The van der Waals surface area contributed by atoms with Crippen LogP contribution < -0.4 is 5.73 Å². The highest BCUT2D eigenvalue weighted by molar-refractivity contribution is 5.69. The molecule has 0 aliphatic rings. The van der Waals surface area contributed by atoms with Crippen LogP contribution in [-0.2, 0) is 9.53 Å². The summed E-state index contributed by atoms with van der Waals surface area (Å²) in [5.41, 5.74) is 6.01. The second kappa shape index (κ2) is 4.61. The van der Waals surface area contributed by atoms with E-state index in [2.05, 4.69) is 32.4 Å². The van der Waals surface area contributed by atoms with Crippen LogP contribution in [0.25, 0.3) is 0 Å². The Bertz CT molecular complexity index is 172. The molecule has 3 heteroatoms. The van der Waals surface area contributed by atoms with Crippen molar-refractivity contribution in [3.05, 3.63) is 0 Å². The second-order valence-corrected chi connectivity index (χ2v) is 4.60. The van der Waals surface area contributed by atoms with Crippen molar-refractivity contribution in [1.29, 1.82) is 0 Å². The largest absolute Gasteiger partial charge is 0.469 e. The molecule has 0 heterocycles. The normalized spacial score (nSPS) is 16.5. The van der Waals surface area contributed by atoms with Gasteiger partial charge in [-0.25, -0.2) is 0 Å². The monoisotopic (exact) mass is 187 g/mol. The maximum absolute atomic E-state index is 11.0. The van der Waals surface area contributed by atoms with Crippen LogP contribution in [0.4, 0.5) is 0 Å². The lowest BCUT2D eigenvalue weighted by Gasteiger charge is -2.31. The van der Waals surface area contributed by atoms with E-state index >= 15 is 0 Å². The highest BCUT2D eigenvalue weighted by atomic mass is 16.5. The summed E-state index contributed by atoms with van der Waals surface area (Å²) in [5.74, 6) is 0.0650. The lowest BCUT2D eigenvalue weighted by Crippen LogP contribution is -2.38. The molecular weight excluding hydrogens is 166 g/mol. The fourth-order valence-electron chi connectivity index (χ4n) is 1.09. The molecule has 0 radical (unpaired) electrons. The summed E-state index contributed by atoms with van der Waals surface area (Å²) >= 11 is 0. The van der Waals surface area contributed by atoms with Gasteiger partial charge in [0.25, 0.3) is 0 Å². The van der Waals surface area contributed by atoms with Crippen LogP contribution in [0.5, 0.6) is 0 Å². The minimum atomic E-state index is -0.233. The molecule has 2 N–H and O–H groups in total. The average Bonchev–Trinajstić information content (AvgIpc) is 2.01. The van der Waals surface area contributed by atoms with Gasteiger partial charge >= 0.3 is 5.97 Å². The Morgan fingerprint density at radius 2 is 1.92 bits per heavy atom. The minimum Gasteiger partial charge on any atom is -0.469 e. The standard InChI is InChI=1S/C10H21NO2/c1-7(10(2,3)4)8(11)6-9(12)13-5/h7-8H,6,11H2,1-5H3/t7?,8-/m0/s1. The highest BCUT2D eigenvalue weighted by Crippen LogP contribution is 2.28. The van der Waals surface area contributed by atoms with Crippen LogP contribution in [0.2, 0.25) is 0 Å². The first kappa shape index (κ1) is 12.4. The van der Waals surface area contributed by atoms with Crippen molar-refractivity contribution in [3.8, 4) is 0 Å². The minimum absolute atomic E-state index is 0.118. The number of esters is 1. The van der Waals surface area contributed by atoms with Crippen LogP contribution in [0.3, 0.4) is 0 Å². The van der Waals surface area contributed by atoms with Crippen molar-refractivity contribution in [3.63, 3.8) is 0 Å². The van der Waals surface area contributed by atoms with Gasteiger partial charge in [-0.15, -0.1) is 0 Å². The van der Waals surface area contributed by atoms with Crippen molar-refractivity contribution in [2.24, 2.45) is 17.1 Å². The summed E-state index contributed by atoms with van der Waals surface area (Å²) in [5, 5.41) is 0. The van der Waals surface area contributed by atoms with Gasteiger partial charge in [-0.1, -0.05) is 27.7 Å². The molecule has 1 unspecified atom stereocenters. The molecule has 0 fully saturated rings. The molecule has 0 saturated carbocycles. The zero-order chi connectivity index (χ0) is 10.6. The number of nitrogens with two attached hydrogens (primary N) is 1. The van der Waals surface area contributed by atoms with Crippen LogP contribution in [0, 0.1) is 11.3 Å². The molecule has 0 bridgehead atoms. The molecule has 0 aliphatic heterocycles. The summed E-state index contributed by atoms with van der Waals surface area (Å²) in [4.78, 5) is 11.0. The van der Waals surface area contributed by atoms with Crippen LogP contribution in [0.1, 0.15) is 34.1 Å². The molecule has 13 heavy (non-hydrogen) atoms. The Balaban J connectivity index is 4.11. The number of hydrogen-bond acceptors (Lipinski definition) is 3. The van der Waals surface area contributed by atoms with Gasteiger partial charge in [-0.2, -0.15) is 0 Å². The molecule has 2 atom stereocenters. The zero-order valence-corrected chi connectivity index (χ0v) is 9.26. The van der Waals surface area contributed by atoms with E-state index in [1.807, 2.05) is 0 Å². The van der Waals surface area contributed by atoms with Gasteiger partial charge in [0.2, 0.25) is 0 Å². The predicted octanol–water partition coefficient (Wildman–Crippen LogP) is 1.56. The topological polar surface area (TPSA) is 52.3 Å². The summed E-state index contributed by atoms with van der Waals surface area (Å²) in [6.07, 6.45) is 0.301. The maximum Gasteiger partial charge on any atom is 0.307 e. The van der Waals surface area contributed by atoms with E-state index in [1.165, 1.54) is 7.11 Å². The highest BCUT2D eigenvalue weighted by Gasteiger charge is 2.27. The molecule has 0 saturated heterocycles. The Hall–Kier alpha value is -0.570. The van der Waals surface area contributed by atoms with Gasteiger partial charge < -0.3 is 10.5 Å². The zero-order valence-electron chi connectivity index (χ0n) is 9.26. The Labute approximate surface area is 80.6 Å². The van der Waals surface area contributed by atoms with E-state index in [-0.39, 0.29) is 17.4 Å². The summed E-state index contributed by atoms with van der Waals surface area (Å²) in [6.45, 7) is 8.42. The first-order valence-corrected chi connectivity index (χ1v) is 4.61. The van der Waals surface area contributed by atoms with E-state index in [0.717, 1.165) is 0 Å². The number of carbonyl (C=O) groups is 1. The number of rotatable bonds is 3. The molecule has 0 spiro atoms. The summed E-state index contributed by atoms with van der Waals surface area (Å²) in [6, 6.07) is -0.118. The molecule has 3 nitrogen and oxygen atoms in total. The van der Waals surface area contributed by atoms with Crippen LogP contribution >= 0.6 is 0 Å². The maximum atomic E-state index is 11.0. The van der Waals surface area contributed by atoms with E-state index in [4.69, 9.17) is 5.73 Å². The Morgan fingerprint density at radius 3 is 2.23 bits per heavy atom. The lowest BCUT2D eigenvalue weighted by atomic mass is 9.77. The molecule has 0 rings (SSSR count).